The van der Waals surface area contributed by atoms with Crippen LogP contribution in [0.5, 0.6) is 0 Å². The molecule has 1 fully saturated rings. The van der Waals surface area contributed by atoms with Gasteiger partial charge >= 0.3 is 12.1 Å². The number of carbonyl (C=O) groups is 4. The van der Waals surface area contributed by atoms with Crippen LogP contribution < -0.4 is 10.6 Å². The van der Waals surface area contributed by atoms with E-state index in [-0.39, 0.29) is 24.3 Å². The predicted octanol–water partition coefficient (Wildman–Crippen LogP) is 6.23. The van der Waals surface area contributed by atoms with Crippen LogP contribution in [-0.2, 0) is 31.9 Å². The topological polar surface area (TPSA) is 114 Å². The molecule has 10 heteroatoms. The van der Waals surface area contributed by atoms with E-state index in [1.807, 2.05) is 48.5 Å². The Balaban J connectivity index is 1.36. The van der Waals surface area contributed by atoms with Gasteiger partial charge in [0.1, 0.15) is 17.7 Å². The third-order valence-electron chi connectivity index (χ3n) is 9.01. The number of alkyl carbamates (subject to hydrolysis) is 1. The van der Waals surface area contributed by atoms with Gasteiger partial charge in [-0.15, -0.1) is 0 Å². The molecule has 0 spiro atoms. The molecule has 2 unspecified atom stereocenters. The van der Waals surface area contributed by atoms with Gasteiger partial charge in [0.05, 0.1) is 26.8 Å². The molecule has 3 aromatic rings. The first-order chi connectivity index (χ1) is 22.7. The van der Waals surface area contributed by atoms with Crippen molar-refractivity contribution in [2.75, 3.05) is 13.3 Å². The van der Waals surface area contributed by atoms with Crippen LogP contribution in [0.1, 0.15) is 66.7 Å². The fourth-order valence-corrected chi connectivity index (χ4v) is 9.62. The lowest BCUT2D eigenvalue weighted by atomic mass is 9.87. The Morgan fingerprint density at radius 3 is 2.23 bits per heavy atom. The zero-order chi connectivity index (χ0) is 34.6. The molecule has 0 radical (unpaired) electrons. The van der Waals surface area contributed by atoms with E-state index in [0.717, 1.165) is 41.5 Å². The first-order valence-corrected chi connectivity index (χ1v) is 20.1. The van der Waals surface area contributed by atoms with Gasteiger partial charge in [-0.1, -0.05) is 73.8 Å². The maximum Gasteiger partial charge on any atom is 0.408 e. The number of hydrogen-bond donors (Lipinski definition) is 2. The van der Waals surface area contributed by atoms with Crippen molar-refractivity contribution in [2.24, 2.45) is 0 Å². The summed E-state index contributed by atoms with van der Waals surface area (Å²) >= 11 is 0. The summed E-state index contributed by atoms with van der Waals surface area (Å²) in [6.45, 7) is 9.72. The Kier molecular flexibility index (Phi) is 10.4. The maximum atomic E-state index is 14.4. The van der Waals surface area contributed by atoms with Gasteiger partial charge in [0.25, 0.3) is 0 Å². The summed E-state index contributed by atoms with van der Waals surface area (Å²) in [5.41, 5.74) is 4.83. The van der Waals surface area contributed by atoms with Crippen molar-refractivity contribution in [2.45, 2.75) is 89.3 Å². The van der Waals surface area contributed by atoms with Crippen LogP contribution >= 0.6 is 0 Å². The number of hydrogen-bond acceptors (Lipinski definition) is 6. The van der Waals surface area contributed by atoms with Gasteiger partial charge < -0.3 is 25.0 Å². The second-order valence-electron chi connectivity index (χ2n) is 14.7. The van der Waals surface area contributed by atoms with Crippen LogP contribution in [0.15, 0.2) is 72.8 Å². The fourth-order valence-electron chi connectivity index (χ4n) is 6.74. The number of fused-ring (bicyclic) bond motifs is 1. The third kappa shape index (κ3) is 8.52. The second kappa shape index (κ2) is 14.4. The van der Waals surface area contributed by atoms with E-state index in [4.69, 9.17) is 9.47 Å². The van der Waals surface area contributed by atoms with Gasteiger partial charge in [-0.2, -0.15) is 0 Å². The summed E-state index contributed by atoms with van der Waals surface area (Å²) in [4.78, 5) is 54.9. The van der Waals surface area contributed by atoms with Gasteiger partial charge in [-0.05, 0) is 86.0 Å². The number of amides is 3. The summed E-state index contributed by atoms with van der Waals surface area (Å²) in [6.07, 6.45) is 2.92. The summed E-state index contributed by atoms with van der Waals surface area (Å²) in [7, 11) is -0.583. The van der Waals surface area contributed by atoms with Crippen molar-refractivity contribution in [3.8, 4) is 11.1 Å². The Morgan fingerprint density at radius 1 is 0.938 bits per heavy atom. The Morgan fingerprint density at radius 2 is 1.58 bits per heavy atom. The van der Waals surface area contributed by atoms with Crippen molar-refractivity contribution < 1.29 is 28.7 Å². The van der Waals surface area contributed by atoms with Crippen molar-refractivity contribution in [3.63, 3.8) is 0 Å². The molecule has 5 rings (SSSR count). The highest BCUT2D eigenvalue weighted by atomic mass is 28.3. The average molecular weight is 670 g/mol. The number of nitrogens with zero attached hydrogens (tertiary/aromatic N) is 1. The minimum absolute atomic E-state index is 0.0874. The number of ether oxygens (including phenoxy) is 2. The predicted molar refractivity (Wildman–Crippen MR) is 188 cm³/mol. The van der Waals surface area contributed by atoms with Crippen molar-refractivity contribution in [1.82, 2.24) is 15.5 Å². The molecule has 1 aliphatic heterocycles. The van der Waals surface area contributed by atoms with E-state index in [0.29, 0.717) is 17.8 Å². The number of carbonyl (C=O) groups excluding carboxylic acids is 4. The zero-order valence-corrected chi connectivity index (χ0v) is 29.8. The van der Waals surface area contributed by atoms with Crippen molar-refractivity contribution >= 4 is 32.0 Å². The highest BCUT2D eigenvalue weighted by Crippen LogP contribution is 2.32. The minimum atomic E-state index is -1.93. The monoisotopic (exact) mass is 669 g/mol. The molecule has 1 heterocycles. The number of esters is 1. The lowest BCUT2D eigenvalue weighted by Crippen LogP contribution is -2.55. The van der Waals surface area contributed by atoms with Crippen LogP contribution in [0, 0.1) is 0 Å². The molecule has 9 nitrogen and oxygen atoms in total. The fraction of sp³-hybridized carbons (Fsp3) is 0.421. The molecular weight excluding hydrogens is 623 g/mol. The molecule has 3 atom stereocenters. The molecule has 2 aliphatic rings. The first-order valence-electron chi connectivity index (χ1n) is 16.7. The largest absolute Gasteiger partial charge is 0.465 e. The van der Waals surface area contributed by atoms with E-state index in [9.17, 15) is 19.2 Å². The molecule has 0 saturated carbocycles. The van der Waals surface area contributed by atoms with Crippen LogP contribution in [0.3, 0.4) is 0 Å². The molecule has 1 saturated heterocycles. The highest BCUT2D eigenvalue weighted by Gasteiger charge is 2.47. The van der Waals surface area contributed by atoms with Crippen LogP contribution in [0.25, 0.3) is 11.1 Å². The zero-order valence-electron chi connectivity index (χ0n) is 28.8. The lowest BCUT2D eigenvalue weighted by molar-refractivity contribution is -0.140. The van der Waals surface area contributed by atoms with Gasteiger partial charge in [-0.3, -0.25) is 9.59 Å². The van der Waals surface area contributed by atoms with E-state index in [1.165, 1.54) is 12.7 Å². The maximum absolute atomic E-state index is 14.4. The molecule has 2 N–H and O–H groups in total. The van der Waals surface area contributed by atoms with E-state index in [1.54, 1.807) is 37.8 Å². The Hall–Kier alpha value is -4.44. The lowest BCUT2D eigenvalue weighted by Gasteiger charge is -2.32. The number of aryl methyl sites for hydroxylation is 1. The SMILES string of the molecule is COC(=O)c1ccc(-c2ccc(CC(NC(=O)OC(C)(C)C)C(=O)N3C[Si](C)(C)C[C@H]3C(=O)NC3CCCc4ccccc43)cc2)cc1. The highest BCUT2D eigenvalue weighted by molar-refractivity contribution is 6.79. The summed E-state index contributed by atoms with van der Waals surface area (Å²) < 4.78 is 10.3. The molecule has 254 valence electrons. The average Bonchev–Trinajstić information content (AvgIpc) is 3.39. The number of rotatable bonds is 8. The van der Waals surface area contributed by atoms with Gasteiger partial charge in [0.2, 0.25) is 11.8 Å². The Bertz CT molecular complexity index is 1650. The third-order valence-corrected chi connectivity index (χ3v) is 11.7. The molecule has 1 aliphatic carbocycles. The van der Waals surface area contributed by atoms with Crippen molar-refractivity contribution in [1.29, 1.82) is 0 Å². The normalized spacial score (nSPS) is 19.1. The molecule has 0 bridgehead atoms. The van der Waals surface area contributed by atoms with Crippen LogP contribution in [0.2, 0.25) is 19.1 Å². The minimum Gasteiger partial charge on any atom is -0.465 e. The summed E-state index contributed by atoms with van der Waals surface area (Å²) in [5, 5.41) is 6.12. The molecule has 0 aromatic heterocycles. The van der Waals surface area contributed by atoms with Gasteiger partial charge in [-0.25, -0.2) is 9.59 Å². The summed E-state index contributed by atoms with van der Waals surface area (Å²) in [5.74, 6) is -0.819. The van der Waals surface area contributed by atoms with Crippen LogP contribution in [-0.4, -0.2) is 67.8 Å². The number of methoxy groups -OCH3 is 1. The van der Waals surface area contributed by atoms with Crippen molar-refractivity contribution in [3.05, 3.63) is 95.1 Å². The quantitative estimate of drug-likeness (QED) is 0.217. The van der Waals surface area contributed by atoms with Crippen LogP contribution in [0.4, 0.5) is 4.79 Å². The van der Waals surface area contributed by atoms with Gasteiger partial charge in [0, 0.05) is 12.6 Å². The summed E-state index contributed by atoms with van der Waals surface area (Å²) in [6, 6.07) is 22.2. The van der Waals surface area contributed by atoms with E-state index in [2.05, 4.69) is 35.9 Å². The molecule has 3 amide bonds. The standard InChI is InChI=1S/C38H47N3O6Si/c1-38(2,3)47-37(45)40-32(22-25-14-16-26(17-15-25)27-18-20-29(21-19-27)36(44)46-4)35(43)41-24-48(5,6)23-33(41)34(42)39-31-13-9-11-28-10-7-8-12-30(28)31/h7-8,10,12,14-21,31-33H,9,11,13,22-24H2,1-6H3,(H,39,42)(H,40,45)/t31?,32?,33-/m0/s1. The Labute approximate surface area is 284 Å². The number of benzene rings is 3. The number of nitrogens with one attached hydrogen (secondary N) is 2. The van der Waals surface area contributed by atoms with E-state index < -0.39 is 37.8 Å². The van der Waals surface area contributed by atoms with E-state index >= 15 is 0 Å². The second-order valence-corrected chi connectivity index (χ2v) is 19.7. The van der Waals surface area contributed by atoms with Gasteiger partial charge in [0.15, 0.2) is 0 Å². The molecular formula is C38H47N3O6Si. The smallest absolute Gasteiger partial charge is 0.408 e. The molecule has 48 heavy (non-hydrogen) atoms. The molecule has 3 aromatic carbocycles. The first kappa shape index (κ1) is 34.9.